The molecular formula is C14H10BrF2N3O. The lowest BCUT2D eigenvalue weighted by molar-refractivity contribution is 0.560. The number of benzene rings is 2. The number of halogens is 3. The number of H-pyrrole nitrogens is 2. The molecule has 3 rings (SSSR count). The van der Waals surface area contributed by atoms with Gasteiger partial charge in [0.2, 0.25) is 0 Å². The molecular weight excluding hydrogens is 344 g/mol. The van der Waals surface area contributed by atoms with Crippen LogP contribution in [0.4, 0.5) is 14.5 Å². The number of anilines is 1. The maximum atomic E-state index is 13.6. The van der Waals surface area contributed by atoms with Crippen molar-refractivity contribution in [1.82, 2.24) is 9.97 Å². The molecule has 0 radical (unpaired) electrons. The van der Waals surface area contributed by atoms with E-state index in [0.29, 0.717) is 21.2 Å². The molecule has 0 aliphatic rings. The first kappa shape index (κ1) is 13.8. The Balaban J connectivity index is 1.91. The van der Waals surface area contributed by atoms with Crippen LogP contribution in [0.1, 0.15) is 5.56 Å². The molecule has 1 heterocycles. The van der Waals surface area contributed by atoms with Crippen molar-refractivity contribution in [2.75, 3.05) is 5.32 Å². The number of hydrogen-bond donors (Lipinski definition) is 3. The van der Waals surface area contributed by atoms with E-state index >= 15 is 0 Å². The van der Waals surface area contributed by atoms with Crippen LogP contribution in [0.2, 0.25) is 0 Å². The summed E-state index contributed by atoms with van der Waals surface area (Å²) in [6.07, 6.45) is 0. The molecule has 7 heteroatoms. The molecule has 3 aromatic rings. The third-order valence-corrected chi connectivity index (χ3v) is 3.78. The predicted molar refractivity (Wildman–Crippen MR) is 80.3 cm³/mol. The van der Waals surface area contributed by atoms with E-state index in [4.69, 9.17) is 0 Å². The van der Waals surface area contributed by atoms with Crippen LogP contribution >= 0.6 is 15.9 Å². The second kappa shape index (κ2) is 5.33. The zero-order chi connectivity index (χ0) is 15.0. The summed E-state index contributed by atoms with van der Waals surface area (Å²) in [5, 5.41) is 2.95. The van der Waals surface area contributed by atoms with Crippen molar-refractivity contribution in [3.05, 3.63) is 62.5 Å². The molecule has 1 aromatic heterocycles. The quantitative estimate of drug-likeness (QED) is 0.674. The molecule has 0 aliphatic heterocycles. The van der Waals surface area contributed by atoms with Crippen molar-refractivity contribution in [2.24, 2.45) is 0 Å². The Kier molecular flexibility index (Phi) is 3.50. The van der Waals surface area contributed by atoms with E-state index in [1.807, 2.05) is 0 Å². The number of fused-ring (bicyclic) bond motifs is 1. The number of aromatic amines is 2. The van der Waals surface area contributed by atoms with Gasteiger partial charge in [-0.25, -0.2) is 13.6 Å². The SMILES string of the molecule is O=c1[nH]c2cc(Br)c(NCc3c(F)cccc3F)cc2[nH]1. The van der Waals surface area contributed by atoms with Gasteiger partial charge in [-0.3, -0.25) is 0 Å². The third-order valence-electron chi connectivity index (χ3n) is 3.12. The molecule has 0 bridgehead atoms. The van der Waals surface area contributed by atoms with Crippen LogP contribution in [0, 0.1) is 11.6 Å². The average Bonchev–Trinajstić information content (AvgIpc) is 2.77. The number of nitrogens with one attached hydrogen (secondary N) is 3. The summed E-state index contributed by atoms with van der Waals surface area (Å²) in [4.78, 5) is 16.5. The fourth-order valence-electron chi connectivity index (χ4n) is 2.08. The molecule has 0 amide bonds. The van der Waals surface area contributed by atoms with Crippen LogP contribution in [-0.2, 0) is 6.54 Å². The summed E-state index contributed by atoms with van der Waals surface area (Å²) < 4.78 is 27.8. The fraction of sp³-hybridized carbons (Fsp3) is 0.0714. The van der Waals surface area contributed by atoms with Crippen molar-refractivity contribution < 1.29 is 8.78 Å². The molecule has 0 atom stereocenters. The highest BCUT2D eigenvalue weighted by atomic mass is 79.9. The maximum absolute atomic E-state index is 13.6. The number of aromatic nitrogens is 2. The van der Waals surface area contributed by atoms with Crippen LogP contribution in [0.3, 0.4) is 0 Å². The van der Waals surface area contributed by atoms with E-state index in [1.165, 1.54) is 18.2 Å². The van der Waals surface area contributed by atoms with Crippen LogP contribution in [0.15, 0.2) is 39.6 Å². The minimum Gasteiger partial charge on any atom is -0.380 e. The summed E-state index contributed by atoms with van der Waals surface area (Å²) in [5.74, 6) is -1.20. The smallest absolute Gasteiger partial charge is 0.323 e. The van der Waals surface area contributed by atoms with Crippen molar-refractivity contribution >= 4 is 32.7 Å². The van der Waals surface area contributed by atoms with E-state index in [1.54, 1.807) is 12.1 Å². The van der Waals surface area contributed by atoms with E-state index < -0.39 is 11.6 Å². The fourth-order valence-corrected chi connectivity index (χ4v) is 2.56. The van der Waals surface area contributed by atoms with Gasteiger partial charge in [-0.15, -0.1) is 0 Å². The minimum atomic E-state index is -0.602. The summed E-state index contributed by atoms with van der Waals surface area (Å²) in [5.41, 5.74) is 1.54. The first-order valence-electron chi connectivity index (χ1n) is 6.13. The van der Waals surface area contributed by atoms with Gasteiger partial charge in [-0.1, -0.05) is 6.07 Å². The number of hydrogen-bond acceptors (Lipinski definition) is 2. The molecule has 0 aliphatic carbocycles. The molecule has 0 saturated carbocycles. The molecule has 3 N–H and O–H groups in total. The Morgan fingerprint density at radius 1 is 1.10 bits per heavy atom. The van der Waals surface area contributed by atoms with E-state index in [2.05, 4.69) is 31.2 Å². The molecule has 2 aromatic carbocycles. The Morgan fingerprint density at radius 2 is 1.71 bits per heavy atom. The highest BCUT2D eigenvalue weighted by Gasteiger charge is 2.10. The molecule has 0 spiro atoms. The molecule has 0 saturated heterocycles. The van der Waals surface area contributed by atoms with Gasteiger partial charge in [0.25, 0.3) is 0 Å². The zero-order valence-corrected chi connectivity index (χ0v) is 12.2. The van der Waals surface area contributed by atoms with Crippen LogP contribution in [0.5, 0.6) is 0 Å². The lowest BCUT2D eigenvalue weighted by Gasteiger charge is -2.10. The number of imidazole rings is 1. The standard InChI is InChI=1S/C14H10BrF2N3O/c15-8-4-12-13(20-14(21)19-12)5-11(8)18-6-7-9(16)2-1-3-10(7)17/h1-5,18H,6H2,(H2,19,20,21). The van der Waals surface area contributed by atoms with Crippen LogP contribution < -0.4 is 11.0 Å². The Bertz CT molecular complexity index is 852. The van der Waals surface area contributed by atoms with Crippen LogP contribution in [-0.4, -0.2) is 9.97 Å². The van der Waals surface area contributed by atoms with Gasteiger partial charge in [0.15, 0.2) is 0 Å². The zero-order valence-electron chi connectivity index (χ0n) is 10.6. The third kappa shape index (κ3) is 2.69. The van der Waals surface area contributed by atoms with Gasteiger partial charge in [0, 0.05) is 16.6 Å². The summed E-state index contributed by atoms with van der Waals surface area (Å²) in [6.45, 7) is -0.00271. The van der Waals surface area contributed by atoms with Gasteiger partial charge < -0.3 is 15.3 Å². The van der Waals surface area contributed by atoms with Gasteiger partial charge >= 0.3 is 5.69 Å². The topological polar surface area (TPSA) is 60.7 Å². The molecule has 4 nitrogen and oxygen atoms in total. The molecule has 108 valence electrons. The highest BCUT2D eigenvalue weighted by Crippen LogP contribution is 2.27. The Hall–Kier alpha value is -2.15. The minimum absolute atomic E-state index is 0.00271. The second-order valence-electron chi connectivity index (χ2n) is 4.51. The van der Waals surface area contributed by atoms with E-state index in [-0.39, 0.29) is 17.8 Å². The van der Waals surface area contributed by atoms with Gasteiger partial charge in [0.05, 0.1) is 16.7 Å². The summed E-state index contributed by atoms with van der Waals surface area (Å²) >= 11 is 3.35. The van der Waals surface area contributed by atoms with Crippen molar-refractivity contribution in [2.45, 2.75) is 6.54 Å². The van der Waals surface area contributed by atoms with Gasteiger partial charge in [-0.2, -0.15) is 0 Å². The lowest BCUT2D eigenvalue weighted by Crippen LogP contribution is -2.05. The second-order valence-corrected chi connectivity index (χ2v) is 5.36. The number of rotatable bonds is 3. The van der Waals surface area contributed by atoms with Gasteiger partial charge in [-0.05, 0) is 40.2 Å². The van der Waals surface area contributed by atoms with Crippen molar-refractivity contribution in [1.29, 1.82) is 0 Å². The van der Waals surface area contributed by atoms with Crippen LogP contribution in [0.25, 0.3) is 11.0 Å². The van der Waals surface area contributed by atoms with Crippen molar-refractivity contribution in [3.63, 3.8) is 0 Å². The maximum Gasteiger partial charge on any atom is 0.323 e. The molecule has 0 fully saturated rings. The summed E-state index contributed by atoms with van der Waals surface area (Å²) in [7, 11) is 0. The largest absolute Gasteiger partial charge is 0.380 e. The normalized spacial score (nSPS) is 11.0. The molecule has 21 heavy (non-hydrogen) atoms. The van der Waals surface area contributed by atoms with E-state index in [0.717, 1.165) is 0 Å². The molecule has 0 unspecified atom stereocenters. The van der Waals surface area contributed by atoms with Gasteiger partial charge in [0.1, 0.15) is 11.6 Å². The first-order valence-corrected chi connectivity index (χ1v) is 6.92. The first-order chi connectivity index (χ1) is 10.0. The monoisotopic (exact) mass is 353 g/mol. The Morgan fingerprint density at radius 3 is 2.38 bits per heavy atom. The van der Waals surface area contributed by atoms with Crippen molar-refractivity contribution in [3.8, 4) is 0 Å². The average molecular weight is 354 g/mol. The predicted octanol–water partition coefficient (Wildman–Crippen LogP) is 3.51. The van der Waals surface area contributed by atoms with E-state index in [9.17, 15) is 13.6 Å². The lowest BCUT2D eigenvalue weighted by atomic mass is 10.2. The summed E-state index contributed by atoms with van der Waals surface area (Å²) in [6, 6.07) is 7.15. The Labute approximate surface area is 126 Å². The highest BCUT2D eigenvalue weighted by molar-refractivity contribution is 9.10.